The van der Waals surface area contributed by atoms with E-state index in [0.717, 1.165) is 35.5 Å². The quantitative estimate of drug-likeness (QED) is 0.603. The zero-order valence-corrected chi connectivity index (χ0v) is 16.8. The Kier molecular flexibility index (Phi) is 5.91. The van der Waals surface area contributed by atoms with Crippen molar-refractivity contribution in [1.29, 1.82) is 10.5 Å². The van der Waals surface area contributed by atoms with Crippen LogP contribution in [0.25, 0.3) is 6.08 Å². The van der Waals surface area contributed by atoms with Gasteiger partial charge in [0.15, 0.2) is 0 Å². The van der Waals surface area contributed by atoms with Gasteiger partial charge in [0.05, 0.1) is 6.61 Å². The van der Waals surface area contributed by atoms with Crippen molar-refractivity contribution in [3.63, 3.8) is 0 Å². The van der Waals surface area contributed by atoms with E-state index in [1.165, 1.54) is 37.7 Å². The van der Waals surface area contributed by atoms with Crippen molar-refractivity contribution in [2.75, 3.05) is 6.61 Å². The van der Waals surface area contributed by atoms with E-state index in [2.05, 4.69) is 32.9 Å². The van der Waals surface area contributed by atoms with Crippen molar-refractivity contribution in [2.45, 2.75) is 64.7 Å². The van der Waals surface area contributed by atoms with E-state index in [-0.39, 0.29) is 11.0 Å². The number of allylic oxidation sites excluding steroid dienone is 1. The molecule has 0 amide bonds. The van der Waals surface area contributed by atoms with Crippen LogP contribution in [0.2, 0.25) is 0 Å². The molecule has 2 atom stereocenters. The molecule has 2 saturated carbocycles. The van der Waals surface area contributed by atoms with Crippen LogP contribution in [-0.4, -0.2) is 6.61 Å². The lowest BCUT2D eigenvalue weighted by atomic mass is 9.54. The predicted octanol–water partition coefficient (Wildman–Crippen LogP) is 6.01. The van der Waals surface area contributed by atoms with Crippen molar-refractivity contribution in [3.05, 3.63) is 34.9 Å². The van der Waals surface area contributed by atoms with Crippen LogP contribution in [0, 0.1) is 40.4 Å². The van der Waals surface area contributed by atoms with Gasteiger partial charge < -0.3 is 4.74 Å². The Bertz CT molecular complexity index is 760. The molecule has 2 aliphatic rings. The Morgan fingerprint density at radius 2 is 1.81 bits per heavy atom. The summed E-state index contributed by atoms with van der Waals surface area (Å²) < 4.78 is 5.90. The van der Waals surface area contributed by atoms with Crippen LogP contribution in [0.4, 0.5) is 0 Å². The maximum absolute atomic E-state index is 9.20. The minimum Gasteiger partial charge on any atom is -0.493 e. The lowest BCUT2D eigenvalue weighted by Crippen LogP contribution is -2.42. The molecule has 0 heterocycles. The number of hydrogen-bond acceptors (Lipinski definition) is 3. The lowest BCUT2D eigenvalue weighted by molar-refractivity contribution is 0.0780. The molecule has 1 aromatic carbocycles. The standard InChI is InChI=1S/C24H30N2O/c1-4-7-27-23-6-5-22(11-21(23)10-20(15-25)16-26)24-12-17(2)8-19(14-24)9-18(3)13-24/h5-6,10-11,17-19H,4,7-9,12-14H2,1-3H3/t17-,18-,19?,24?/m0/s1. The molecular formula is C24H30N2O. The maximum Gasteiger partial charge on any atom is 0.130 e. The van der Waals surface area contributed by atoms with Crippen LogP contribution in [-0.2, 0) is 5.41 Å². The summed E-state index contributed by atoms with van der Waals surface area (Å²) in [5, 5.41) is 18.4. The number of nitrogens with zero attached hydrogens (tertiary/aromatic N) is 2. The van der Waals surface area contributed by atoms with E-state index in [1.54, 1.807) is 6.08 Å². The zero-order chi connectivity index (χ0) is 19.4. The molecule has 142 valence electrons. The SMILES string of the molecule is CCCOc1ccc(C23CC(C[C@H](C)C2)C[C@H](C)C3)cc1C=C(C#N)C#N. The second-order valence-electron chi connectivity index (χ2n) is 8.82. The Balaban J connectivity index is 2.04. The minimum absolute atomic E-state index is 0.123. The Labute approximate surface area is 163 Å². The summed E-state index contributed by atoms with van der Waals surface area (Å²) >= 11 is 0. The van der Waals surface area contributed by atoms with E-state index >= 15 is 0 Å². The van der Waals surface area contributed by atoms with Crippen LogP contribution < -0.4 is 4.74 Å². The Morgan fingerprint density at radius 3 is 2.41 bits per heavy atom. The first kappa shape index (κ1) is 19.5. The van der Waals surface area contributed by atoms with Crippen LogP contribution in [0.1, 0.15) is 70.4 Å². The van der Waals surface area contributed by atoms with Gasteiger partial charge in [-0.2, -0.15) is 10.5 Å². The number of rotatable bonds is 5. The number of benzene rings is 1. The highest BCUT2D eigenvalue weighted by Crippen LogP contribution is 2.54. The summed E-state index contributed by atoms with van der Waals surface area (Å²) in [4.78, 5) is 0. The van der Waals surface area contributed by atoms with E-state index in [1.807, 2.05) is 18.2 Å². The van der Waals surface area contributed by atoms with Crippen LogP contribution in [0.15, 0.2) is 23.8 Å². The van der Waals surface area contributed by atoms with Crippen molar-refractivity contribution < 1.29 is 4.74 Å². The summed E-state index contributed by atoms with van der Waals surface area (Å²) in [5.74, 6) is 3.09. The third-order valence-electron chi connectivity index (χ3n) is 6.25. The Morgan fingerprint density at radius 1 is 1.15 bits per heavy atom. The summed E-state index contributed by atoms with van der Waals surface area (Å²) in [6.07, 6.45) is 9.04. The molecule has 0 aliphatic heterocycles. The first-order valence-electron chi connectivity index (χ1n) is 10.3. The average molecular weight is 363 g/mol. The molecule has 0 spiro atoms. The molecule has 3 nitrogen and oxygen atoms in total. The third kappa shape index (κ3) is 4.19. The van der Waals surface area contributed by atoms with Crippen molar-refractivity contribution in [3.8, 4) is 17.9 Å². The van der Waals surface area contributed by atoms with E-state index in [0.29, 0.717) is 6.61 Å². The van der Waals surface area contributed by atoms with Gasteiger partial charge in [-0.3, -0.25) is 0 Å². The van der Waals surface area contributed by atoms with Gasteiger partial charge in [0.25, 0.3) is 0 Å². The fraction of sp³-hybridized carbons (Fsp3) is 0.583. The number of ether oxygens (including phenoxy) is 1. The van der Waals surface area contributed by atoms with Gasteiger partial charge in [-0.15, -0.1) is 0 Å². The normalized spacial score (nSPS) is 29.3. The smallest absolute Gasteiger partial charge is 0.130 e. The van der Waals surface area contributed by atoms with Gasteiger partial charge in [0.1, 0.15) is 23.5 Å². The monoisotopic (exact) mass is 362 g/mol. The second kappa shape index (κ2) is 8.18. The molecule has 3 rings (SSSR count). The molecule has 0 N–H and O–H groups in total. The largest absolute Gasteiger partial charge is 0.493 e. The molecule has 1 aromatic rings. The zero-order valence-electron chi connectivity index (χ0n) is 16.8. The molecule has 0 saturated heterocycles. The maximum atomic E-state index is 9.20. The highest BCUT2D eigenvalue weighted by molar-refractivity contribution is 5.67. The van der Waals surface area contributed by atoms with Crippen LogP contribution >= 0.6 is 0 Å². The first-order chi connectivity index (χ1) is 13.0. The van der Waals surface area contributed by atoms with Gasteiger partial charge in [0, 0.05) is 5.56 Å². The molecule has 2 fully saturated rings. The van der Waals surface area contributed by atoms with Gasteiger partial charge in [0.2, 0.25) is 0 Å². The van der Waals surface area contributed by atoms with Crippen molar-refractivity contribution >= 4 is 6.08 Å². The third-order valence-corrected chi connectivity index (χ3v) is 6.25. The minimum atomic E-state index is 0.123. The van der Waals surface area contributed by atoms with Crippen molar-refractivity contribution in [1.82, 2.24) is 0 Å². The number of hydrogen-bond donors (Lipinski definition) is 0. The average Bonchev–Trinajstić information content (AvgIpc) is 2.63. The number of fused-ring (bicyclic) bond motifs is 2. The van der Waals surface area contributed by atoms with Gasteiger partial charge >= 0.3 is 0 Å². The second-order valence-corrected chi connectivity index (χ2v) is 8.82. The van der Waals surface area contributed by atoms with E-state index in [4.69, 9.17) is 4.74 Å². The van der Waals surface area contributed by atoms with Crippen LogP contribution in [0.3, 0.4) is 0 Å². The fourth-order valence-corrected chi connectivity index (χ4v) is 5.64. The molecule has 0 unspecified atom stereocenters. The topological polar surface area (TPSA) is 56.8 Å². The lowest BCUT2D eigenvalue weighted by Gasteiger charge is -2.50. The molecule has 3 heteroatoms. The number of nitriles is 2. The molecule has 2 bridgehead atoms. The summed E-state index contributed by atoms with van der Waals surface area (Å²) in [6, 6.07) is 10.4. The van der Waals surface area contributed by atoms with Crippen LogP contribution in [0.5, 0.6) is 5.75 Å². The first-order valence-corrected chi connectivity index (χ1v) is 10.3. The van der Waals surface area contributed by atoms with Gasteiger partial charge in [-0.1, -0.05) is 26.8 Å². The molecule has 0 radical (unpaired) electrons. The molecule has 2 aliphatic carbocycles. The predicted molar refractivity (Wildman–Crippen MR) is 108 cm³/mol. The fourth-order valence-electron chi connectivity index (χ4n) is 5.64. The Hall–Kier alpha value is -2.26. The van der Waals surface area contributed by atoms with Crippen molar-refractivity contribution in [2.24, 2.45) is 17.8 Å². The highest BCUT2D eigenvalue weighted by Gasteiger charge is 2.45. The summed E-state index contributed by atoms with van der Waals surface area (Å²) in [5.41, 5.74) is 2.57. The van der Waals surface area contributed by atoms with Gasteiger partial charge in [-0.25, -0.2) is 0 Å². The molecular weight excluding hydrogens is 332 g/mol. The van der Waals surface area contributed by atoms with E-state index < -0.39 is 0 Å². The summed E-state index contributed by atoms with van der Waals surface area (Å²) in [7, 11) is 0. The highest BCUT2D eigenvalue weighted by atomic mass is 16.5. The van der Waals surface area contributed by atoms with Gasteiger partial charge in [-0.05, 0) is 85.5 Å². The summed E-state index contributed by atoms with van der Waals surface area (Å²) in [6.45, 7) is 7.49. The molecule has 0 aromatic heterocycles. The van der Waals surface area contributed by atoms with E-state index in [9.17, 15) is 10.5 Å². The molecule has 27 heavy (non-hydrogen) atoms.